The van der Waals surface area contributed by atoms with Crippen molar-refractivity contribution in [3.63, 3.8) is 0 Å². The Kier molecular flexibility index (Phi) is 13.4. The molecule has 1 aliphatic heterocycles. The second-order valence-electron chi connectivity index (χ2n) is 13.9. The number of aliphatic hydroxyl groups excluding tert-OH is 1. The first kappa shape index (κ1) is 42.1. The summed E-state index contributed by atoms with van der Waals surface area (Å²) >= 11 is 0. The van der Waals surface area contributed by atoms with Crippen LogP contribution in [0.25, 0.3) is 11.0 Å². The van der Waals surface area contributed by atoms with Gasteiger partial charge in [0.2, 0.25) is 5.95 Å². The fraction of sp³-hybridized carbons (Fsp3) is 0.349. The van der Waals surface area contributed by atoms with E-state index in [0.717, 1.165) is 16.7 Å². The third kappa shape index (κ3) is 9.78. The van der Waals surface area contributed by atoms with Crippen LogP contribution in [0.4, 0.5) is 5.95 Å². The van der Waals surface area contributed by atoms with Crippen LogP contribution in [0, 0.1) is 17.8 Å². The minimum atomic E-state index is -1.18. The number of aliphatic hydroxyl groups is 1. The molecule has 0 unspecified atom stereocenters. The Balaban J connectivity index is 1.38. The van der Waals surface area contributed by atoms with Gasteiger partial charge in [0.25, 0.3) is 5.56 Å². The lowest BCUT2D eigenvalue weighted by atomic mass is 9.80. The van der Waals surface area contributed by atoms with E-state index >= 15 is 0 Å². The minimum absolute atomic E-state index is 0.00417. The van der Waals surface area contributed by atoms with E-state index in [4.69, 9.17) is 28.4 Å². The van der Waals surface area contributed by atoms with Crippen LogP contribution >= 0.6 is 0 Å². The Bertz CT molecular complexity index is 2320. The minimum Gasteiger partial charge on any atom is -0.497 e. The van der Waals surface area contributed by atoms with Gasteiger partial charge < -0.3 is 38.4 Å². The number of nitrogens with zero attached hydrogens (tertiary/aromatic N) is 5. The second-order valence-corrected chi connectivity index (χ2v) is 13.9. The van der Waals surface area contributed by atoms with Crippen molar-refractivity contribution in [2.45, 2.75) is 44.3 Å². The number of benzene rings is 3. The molecule has 1 aliphatic rings. The van der Waals surface area contributed by atoms with Crippen molar-refractivity contribution in [3.05, 3.63) is 112 Å². The maximum absolute atomic E-state index is 13.6. The summed E-state index contributed by atoms with van der Waals surface area (Å²) in [5, 5.41) is 16.3. The number of ether oxygens (including phenoxy) is 6. The smallest absolute Gasteiger partial charge is 0.302 e. The number of aliphatic imine (C=N–C) groups is 1. The number of hydrogen-bond donors (Lipinski definition) is 2. The molecular formula is C43H46N6O10. The lowest BCUT2D eigenvalue weighted by Crippen LogP contribution is -2.38. The van der Waals surface area contributed by atoms with Crippen LogP contribution in [0.15, 0.2) is 88.6 Å². The Morgan fingerprint density at radius 2 is 1.54 bits per heavy atom. The zero-order valence-corrected chi connectivity index (χ0v) is 33.6. The average Bonchev–Trinajstić information content (AvgIpc) is 3.80. The zero-order valence-electron chi connectivity index (χ0n) is 33.6. The molecule has 0 amide bonds. The van der Waals surface area contributed by atoms with Crippen molar-refractivity contribution in [1.82, 2.24) is 24.6 Å². The van der Waals surface area contributed by atoms with E-state index in [1.165, 1.54) is 24.9 Å². The van der Waals surface area contributed by atoms with Crippen LogP contribution < -0.4 is 15.0 Å². The van der Waals surface area contributed by atoms with Gasteiger partial charge >= 0.3 is 11.9 Å². The lowest BCUT2D eigenvalue weighted by molar-refractivity contribution is -0.144. The van der Waals surface area contributed by atoms with Crippen molar-refractivity contribution in [2.24, 2.45) is 10.9 Å². The normalized spacial score (nSPS) is 16.5. The summed E-state index contributed by atoms with van der Waals surface area (Å²) in [6.45, 7) is 2.10. The SMILES string of the molecule is COc1ccc(C(OC[C@H]2O[C@@H](n3nc(C#CC(COC(C)=O)COC(C)=O)c4c(=O)[nH]c(N=CN(C)C)nc43)C[C@H]2O)(c2ccccc2)c2ccc(OC)cc2)cc1. The number of esters is 2. The molecular weight excluding hydrogens is 761 g/mol. The summed E-state index contributed by atoms with van der Waals surface area (Å²) in [4.78, 5) is 50.0. The number of rotatable bonds is 15. The lowest BCUT2D eigenvalue weighted by Gasteiger charge is -2.37. The van der Waals surface area contributed by atoms with Crippen molar-refractivity contribution in [3.8, 4) is 23.3 Å². The Hall–Kier alpha value is -6.54. The highest BCUT2D eigenvalue weighted by molar-refractivity contribution is 5.81. The Morgan fingerprint density at radius 1 is 0.966 bits per heavy atom. The first-order valence-electron chi connectivity index (χ1n) is 18.7. The van der Waals surface area contributed by atoms with Gasteiger partial charge in [-0.25, -0.2) is 9.67 Å². The fourth-order valence-electron chi connectivity index (χ4n) is 6.59. The quantitative estimate of drug-likeness (QED) is 0.0506. The molecule has 0 aliphatic carbocycles. The molecule has 0 saturated carbocycles. The fourth-order valence-corrected chi connectivity index (χ4v) is 6.59. The highest BCUT2D eigenvalue weighted by atomic mass is 16.6. The number of aromatic amines is 1. The zero-order chi connectivity index (χ0) is 42.1. The third-order valence-electron chi connectivity index (χ3n) is 9.45. The van der Waals surface area contributed by atoms with Gasteiger partial charge in [-0.2, -0.15) is 10.1 Å². The van der Waals surface area contributed by atoms with Crippen LogP contribution in [0.3, 0.4) is 0 Å². The summed E-state index contributed by atoms with van der Waals surface area (Å²) < 4.78 is 36.1. The number of nitrogens with one attached hydrogen (secondary N) is 1. The van der Waals surface area contributed by atoms with E-state index in [1.807, 2.05) is 78.9 Å². The molecule has 2 N–H and O–H groups in total. The summed E-state index contributed by atoms with van der Waals surface area (Å²) in [7, 11) is 6.74. The Labute approximate surface area is 340 Å². The number of aromatic nitrogens is 4. The predicted octanol–water partition coefficient (Wildman–Crippen LogP) is 4.11. The third-order valence-corrected chi connectivity index (χ3v) is 9.45. The monoisotopic (exact) mass is 806 g/mol. The number of methoxy groups -OCH3 is 2. The molecule has 1 saturated heterocycles. The molecule has 1 fully saturated rings. The van der Waals surface area contributed by atoms with E-state index in [2.05, 4.69) is 31.9 Å². The molecule has 3 heterocycles. The van der Waals surface area contributed by atoms with Crippen LogP contribution in [-0.4, -0.2) is 108 Å². The molecule has 16 nitrogen and oxygen atoms in total. The van der Waals surface area contributed by atoms with Gasteiger partial charge in [-0.15, -0.1) is 0 Å². The highest BCUT2D eigenvalue weighted by Crippen LogP contribution is 2.43. The first-order valence-corrected chi connectivity index (χ1v) is 18.7. The van der Waals surface area contributed by atoms with E-state index in [1.54, 1.807) is 33.2 Å². The molecule has 0 radical (unpaired) electrons. The molecule has 59 heavy (non-hydrogen) atoms. The van der Waals surface area contributed by atoms with Gasteiger partial charge in [0.1, 0.15) is 41.8 Å². The maximum Gasteiger partial charge on any atom is 0.302 e. The molecule has 3 atom stereocenters. The first-order chi connectivity index (χ1) is 28.4. The molecule has 6 rings (SSSR count). The van der Waals surface area contributed by atoms with Crippen molar-refractivity contribution >= 4 is 35.3 Å². The molecule has 5 aromatic rings. The van der Waals surface area contributed by atoms with Crippen LogP contribution in [-0.2, 0) is 34.1 Å². The standard InChI is InChI=1S/C43H46N6O10/c1-27(50)56-23-29(24-57-28(2)51)12-21-35-39-40(45-42(46-41(39)53)44-26-48(3)4)49(47-35)38-22-36(52)37(59-38)25-58-43(30-10-8-7-9-11-30,31-13-17-33(54-5)18-14-31)32-15-19-34(55-6)20-16-32/h7-11,13-20,26,29,36-38,52H,22-25H2,1-6H3,(H,45,46,53)/t36-,37-,38-/m1/s1. The molecule has 308 valence electrons. The van der Waals surface area contributed by atoms with Gasteiger partial charge in [0.15, 0.2) is 17.6 Å². The maximum atomic E-state index is 13.6. The van der Waals surface area contributed by atoms with E-state index in [0.29, 0.717) is 11.5 Å². The molecule has 0 spiro atoms. The number of carbonyl (C=O) groups excluding carboxylic acids is 2. The van der Waals surface area contributed by atoms with Gasteiger partial charge in [0.05, 0.1) is 39.2 Å². The van der Waals surface area contributed by atoms with Crippen molar-refractivity contribution < 1.29 is 43.1 Å². The molecule has 2 aromatic heterocycles. The summed E-state index contributed by atoms with van der Waals surface area (Å²) in [6, 6.07) is 24.9. The van der Waals surface area contributed by atoms with Gasteiger partial charge in [0, 0.05) is 34.4 Å². The van der Waals surface area contributed by atoms with Crippen molar-refractivity contribution in [2.75, 3.05) is 48.1 Å². The molecule has 16 heteroatoms. The number of hydrogen-bond acceptors (Lipinski definition) is 13. The number of fused-ring (bicyclic) bond motifs is 1. The van der Waals surface area contributed by atoms with E-state index in [-0.39, 0.29) is 48.9 Å². The van der Waals surface area contributed by atoms with E-state index < -0.39 is 47.5 Å². The van der Waals surface area contributed by atoms with Crippen LogP contribution in [0.2, 0.25) is 0 Å². The summed E-state index contributed by atoms with van der Waals surface area (Å²) in [5.41, 5.74) is 0.825. The number of carbonyl (C=O) groups is 2. The molecule has 3 aromatic carbocycles. The largest absolute Gasteiger partial charge is 0.497 e. The highest BCUT2D eigenvalue weighted by Gasteiger charge is 2.42. The predicted molar refractivity (Wildman–Crippen MR) is 216 cm³/mol. The molecule has 0 bridgehead atoms. The average molecular weight is 807 g/mol. The number of H-pyrrole nitrogens is 1. The Morgan fingerprint density at radius 3 is 2.08 bits per heavy atom. The van der Waals surface area contributed by atoms with Gasteiger partial charge in [-0.05, 0) is 46.9 Å². The second kappa shape index (κ2) is 18.8. The topological polar surface area (TPSA) is 189 Å². The van der Waals surface area contributed by atoms with Crippen LogP contribution in [0.1, 0.15) is 48.9 Å². The van der Waals surface area contributed by atoms with Crippen LogP contribution in [0.5, 0.6) is 11.5 Å². The van der Waals surface area contributed by atoms with Gasteiger partial charge in [-0.1, -0.05) is 60.5 Å². The van der Waals surface area contributed by atoms with Gasteiger partial charge in [-0.3, -0.25) is 19.4 Å². The summed E-state index contributed by atoms with van der Waals surface area (Å²) in [6.07, 6.45) is -1.26. The van der Waals surface area contributed by atoms with E-state index in [9.17, 15) is 19.5 Å². The van der Waals surface area contributed by atoms with Crippen molar-refractivity contribution in [1.29, 1.82) is 0 Å². The summed E-state index contributed by atoms with van der Waals surface area (Å²) in [5.74, 6) is 5.36.